The van der Waals surface area contributed by atoms with Gasteiger partial charge in [-0.2, -0.15) is 5.10 Å². The Labute approximate surface area is 138 Å². The number of aryl methyl sites for hydroxylation is 2. The summed E-state index contributed by atoms with van der Waals surface area (Å²) in [5, 5.41) is 11.2. The van der Waals surface area contributed by atoms with Gasteiger partial charge in [0, 0.05) is 38.4 Å². The number of guanidine groups is 1. The summed E-state index contributed by atoms with van der Waals surface area (Å²) in [6, 6.07) is 0. The van der Waals surface area contributed by atoms with Crippen molar-refractivity contribution in [1.29, 1.82) is 0 Å². The average molecular weight is 391 g/mol. The van der Waals surface area contributed by atoms with E-state index in [1.807, 2.05) is 18.8 Å². The molecule has 0 amide bonds. The lowest BCUT2D eigenvalue weighted by Crippen LogP contribution is -2.40. The highest BCUT2D eigenvalue weighted by Crippen LogP contribution is 2.25. The van der Waals surface area contributed by atoms with Crippen LogP contribution in [0.4, 0.5) is 0 Å². The first-order valence-corrected chi connectivity index (χ1v) is 7.05. The molecular formula is C14H26IN5. The van der Waals surface area contributed by atoms with Gasteiger partial charge in [-0.1, -0.05) is 6.42 Å². The smallest absolute Gasteiger partial charge is 0.191 e. The molecule has 1 fully saturated rings. The molecule has 0 atom stereocenters. The summed E-state index contributed by atoms with van der Waals surface area (Å²) in [7, 11) is 3.80. The fourth-order valence-corrected chi connectivity index (χ4v) is 2.40. The number of halogens is 1. The van der Waals surface area contributed by atoms with E-state index in [4.69, 9.17) is 0 Å². The van der Waals surface area contributed by atoms with Gasteiger partial charge in [-0.05, 0) is 32.6 Å². The number of nitrogens with one attached hydrogen (secondary N) is 2. The van der Waals surface area contributed by atoms with Crippen molar-refractivity contribution in [3.8, 4) is 0 Å². The summed E-state index contributed by atoms with van der Waals surface area (Å²) in [5.41, 5.74) is 3.55. The maximum atomic E-state index is 4.43. The molecule has 1 heterocycles. The van der Waals surface area contributed by atoms with E-state index in [-0.39, 0.29) is 24.0 Å². The van der Waals surface area contributed by atoms with Crippen molar-refractivity contribution in [2.24, 2.45) is 18.0 Å². The largest absolute Gasteiger partial charge is 0.356 e. The van der Waals surface area contributed by atoms with E-state index in [9.17, 15) is 0 Å². The fraction of sp³-hybridized carbons (Fsp3) is 0.714. The van der Waals surface area contributed by atoms with Crippen LogP contribution in [0.15, 0.2) is 4.99 Å². The zero-order chi connectivity index (χ0) is 13.8. The normalized spacial score (nSPS) is 15.5. The molecule has 1 aliphatic rings. The average Bonchev–Trinajstić information content (AvgIpc) is 2.56. The van der Waals surface area contributed by atoms with E-state index in [0.29, 0.717) is 0 Å². The lowest BCUT2D eigenvalue weighted by Gasteiger charge is -2.26. The summed E-state index contributed by atoms with van der Waals surface area (Å²) < 4.78 is 1.93. The van der Waals surface area contributed by atoms with Gasteiger partial charge in [-0.25, -0.2) is 0 Å². The van der Waals surface area contributed by atoms with Crippen LogP contribution in [0.2, 0.25) is 0 Å². The van der Waals surface area contributed by atoms with E-state index >= 15 is 0 Å². The predicted molar refractivity (Wildman–Crippen MR) is 93.6 cm³/mol. The Hall–Kier alpha value is -0.790. The molecule has 6 heteroatoms. The predicted octanol–water partition coefficient (Wildman–Crippen LogP) is 2.12. The van der Waals surface area contributed by atoms with Crippen LogP contribution in [0.25, 0.3) is 0 Å². The van der Waals surface area contributed by atoms with Crippen molar-refractivity contribution in [1.82, 2.24) is 20.4 Å². The van der Waals surface area contributed by atoms with E-state index in [2.05, 4.69) is 34.6 Å². The Morgan fingerprint density at radius 3 is 2.50 bits per heavy atom. The molecule has 1 aromatic heterocycles. The Balaban J connectivity index is 0.00000200. The molecule has 114 valence electrons. The number of hydrogen-bond acceptors (Lipinski definition) is 2. The molecular weight excluding hydrogens is 365 g/mol. The van der Waals surface area contributed by atoms with Gasteiger partial charge >= 0.3 is 0 Å². The summed E-state index contributed by atoms with van der Waals surface area (Å²) in [6.07, 6.45) is 4.09. The van der Waals surface area contributed by atoms with Gasteiger partial charge in [0.2, 0.25) is 0 Å². The third-order valence-electron chi connectivity index (χ3n) is 4.10. The third kappa shape index (κ3) is 4.10. The van der Waals surface area contributed by atoms with Crippen LogP contribution >= 0.6 is 24.0 Å². The minimum absolute atomic E-state index is 0. The quantitative estimate of drug-likeness (QED) is 0.470. The van der Waals surface area contributed by atoms with Crippen LogP contribution in [0.1, 0.15) is 36.2 Å². The molecule has 5 nitrogen and oxygen atoms in total. The standard InChI is InChI=1S/C14H25N5.HI/c1-10-13(11(2)19(4)18-10)9-17-14(15-3)16-8-12-6-5-7-12;/h12H,5-9H2,1-4H3,(H2,15,16,17);1H. The van der Waals surface area contributed by atoms with E-state index in [0.717, 1.165) is 30.7 Å². The second kappa shape index (κ2) is 7.85. The lowest BCUT2D eigenvalue weighted by atomic mass is 9.85. The summed E-state index contributed by atoms with van der Waals surface area (Å²) in [4.78, 5) is 4.27. The molecule has 1 aliphatic carbocycles. The molecule has 0 aliphatic heterocycles. The molecule has 0 bridgehead atoms. The number of aromatic nitrogens is 2. The molecule has 1 saturated carbocycles. The number of rotatable bonds is 4. The number of nitrogens with zero attached hydrogens (tertiary/aromatic N) is 3. The Morgan fingerprint density at radius 1 is 1.35 bits per heavy atom. The van der Waals surface area contributed by atoms with Crippen molar-refractivity contribution < 1.29 is 0 Å². The molecule has 0 radical (unpaired) electrons. The van der Waals surface area contributed by atoms with Crippen molar-refractivity contribution in [2.75, 3.05) is 13.6 Å². The van der Waals surface area contributed by atoms with Gasteiger partial charge in [0.15, 0.2) is 5.96 Å². The third-order valence-corrected chi connectivity index (χ3v) is 4.10. The maximum absolute atomic E-state index is 4.43. The molecule has 0 spiro atoms. The molecule has 0 unspecified atom stereocenters. The monoisotopic (exact) mass is 391 g/mol. The van der Waals surface area contributed by atoms with E-state index in [1.54, 1.807) is 0 Å². The van der Waals surface area contributed by atoms with Crippen molar-refractivity contribution >= 4 is 29.9 Å². The minimum Gasteiger partial charge on any atom is -0.356 e. The number of hydrogen-bond donors (Lipinski definition) is 2. The molecule has 0 aromatic carbocycles. The minimum atomic E-state index is 0. The maximum Gasteiger partial charge on any atom is 0.191 e. The molecule has 20 heavy (non-hydrogen) atoms. The Kier molecular flexibility index (Phi) is 6.78. The van der Waals surface area contributed by atoms with Gasteiger partial charge in [0.1, 0.15) is 0 Å². The second-order valence-electron chi connectivity index (χ2n) is 5.38. The van der Waals surface area contributed by atoms with E-state index < -0.39 is 0 Å². The molecule has 2 N–H and O–H groups in total. The van der Waals surface area contributed by atoms with Gasteiger partial charge in [0.25, 0.3) is 0 Å². The first kappa shape index (κ1) is 17.3. The highest BCUT2D eigenvalue weighted by Gasteiger charge is 2.17. The van der Waals surface area contributed by atoms with Crippen molar-refractivity contribution in [3.05, 3.63) is 17.0 Å². The first-order chi connectivity index (χ1) is 9.11. The van der Waals surface area contributed by atoms with Gasteiger partial charge in [-0.3, -0.25) is 9.67 Å². The molecule has 1 aromatic rings. The summed E-state index contributed by atoms with van der Waals surface area (Å²) >= 11 is 0. The Bertz CT molecular complexity index is 462. The zero-order valence-electron chi connectivity index (χ0n) is 12.9. The van der Waals surface area contributed by atoms with Crippen LogP contribution in [0.5, 0.6) is 0 Å². The zero-order valence-corrected chi connectivity index (χ0v) is 15.2. The second-order valence-corrected chi connectivity index (χ2v) is 5.38. The summed E-state index contributed by atoms with van der Waals surface area (Å²) in [5.74, 6) is 1.72. The highest BCUT2D eigenvalue weighted by atomic mass is 127. The van der Waals surface area contributed by atoms with Crippen LogP contribution in [0.3, 0.4) is 0 Å². The SMILES string of the molecule is CN=C(NCc1c(C)nn(C)c1C)NCC1CCC1.I. The fourth-order valence-electron chi connectivity index (χ4n) is 2.40. The van der Waals surface area contributed by atoms with Crippen molar-refractivity contribution in [2.45, 2.75) is 39.7 Å². The van der Waals surface area contributed by atoms with Gasteiger partial charge in [0.05, 0.1) is 5.69 Å². The topological polar surface area (TPSA) is 54.2 Å². The highest BCUT2D eigenvalue weighted by molar-refractivity contribution is 14.0. The summed E-state index contributed by atoms with van der Waals surface area (Å²) in [6.45, 7) is 5.96. The van der Waals surface area contributed by atoms with Crippen molar-refractivity contribution in [3.63, 3.8) is 0 Å². The Morgan fingerprint density at radius 2 is 2.05 bits per heavy atom. The number of aliphatic imine (C=N–C) groups is 1. The van der Waals surface area contributed by atoms with Crippen LogP contribution < -0.4 is 10.6 Å². The van der Waals surface area contributed by atoms with Gasteiger partial charge < -0.3 is 10.6 Å². The van der Waals surface area contributed by atoms with E-state index in [1.165, 1.54) is 30.5 Å². The molecule has 2 rings (SSSR count). The van der Waals surface area contributed by atoms with Crippen LogP contribution in [0, 0.1) is 19.8 Å². The first-order valence-electron chi connectivity index (χ1n) is 7.05. The molecule has 0 saturated heterocycles. The lowest BCUT2D eigenvalue weighted by molar-refractivity contribution is 0.314. The van der Waals surface area contributed by atoms with Crippen LogP contribution in [-0.2, 0) is 13.6 Å². The van der Waals surface area contributed by atoms with Gasteiger partial charge in [-0.15, -0.1) is 24.0 Å². The van der Waals surface area contributed by atoms with Crippen LogP contribution in [-0.4, -0.2) is 29.3 Å².